The van der Waals surface area contributed by atoms with Gasteiger partial charge in [0, 0.05) is 16.5 Å². The van der Waals surface area contributed by atoms with E-state index in [2.05, 4.69) is 10.6 Å². The van der Waals surface area contributed by atoms with E-state index >= 15 is 0 Å². The van der Waals surface area contributed by atoms with Crippen LogP contribution < -0.4 is 15.4 Å². The van der Waals surface area contributed by atoms with Crippen molar-refractivity contribution in [3.8, 4) is 5.75 Å². The minimum Gasteiger partial charge on any atom is -0.480 e. The van der Waals surface area contributed by atoms with Gasteiger partial charge in [-0.3, -0.25) is 14.4 Å². The predicted octanol–water partition coefficient (Wildman–Crippen LogP) is 6.71. The molecule has 3 atom stereocenters. The zero-order valence-electron chi connectivity index (χ0n) is 23.0. The summed E-state index contributed by atoms with van der Waals surface area (Å²) in [5.41, 5.74) is 0.669. The van der Waals surface area contributed by atoms with Gasteiger partial charge in [0.25, 0.3) is 11.7 Å². The average Bonchev–Trinajstić information content (AvgIpc) is 2.90. The van der Waals surface area contributed by atoms with E-state index in [4.69, 9.17) is 27.9 Å². The maximum Gasteiger partial charge on any atom is 0.452 e. The maximum atomic E-state index is 13.7. The van der Waals surface area contributed by atoms with E-state index in [1.165, 1.54) is 32.0 Å². The standard InChI is InChI=1S/C30H35Cl2F3N2O4/c1-18(2)26(27(38)30(33,34)35)37-28(39)24(13-19-9-5-3-6-10-19)36-29(40)25(14-20-11-7-4-8-12-20)41-23-16-21(31)15-22(32)17-23/h3,5-6,9-10,15-18,20,24-26H,4,7-8,11-14H2,1-2H3,(H,36,40)(H,37,39)/t24-,25?,26-/m0/s1. The highest BCUT2D eigenvalue weighted by Gasteiger charge is 2.45. The number of ether oxygens (including phenoxy) is 1. The summed E-state index contributed by atoms with van der Waals surface area (Å²) in [6.45, 7) is 2.81. The van der Waals surface area contributed by atoms with Gasteiger partial charge in [-0.15, -0.1) is 0 Å². The topological polar surface area (TPSA) is 84.5 Å². The van der Waals surface area contributed by atoms with E-state index in [-0.39, 0.29) is 18.1 Å². The molecule has 224 valence electrons. The van der Waals surface area contributed by atoms with Crippen LogP contribution in [-0.2, 0) is 20.8 Å². The summed E-state index contributed by atoms with van der Waals surface area (Å²) in [6, 6.07) is 10.2. The molecule has 2 N–H and O–H groups in total. The van der Waals surface area contributed by atoms with Gasteiger partial charge in [0.2, 0.25) is 5.91 Å². The lowest BCUT2D eigenvalue weighted by molar-refractivity contribution is -0.175. The van der Waals surface area contributed by atoms with E-state index in [1.807, 2.05) is 0 Å². The van der Waals surface area contributed by atoms with Gasteiger partial charge in [-0.05, 0) is 42.0 Å². The number of Topliss-reactive ketones (excluding diaryl/α,β-unsaturated/α-hetero) is 1. The van der Waals surface area contributed by atoms with Gasteiger partial charge < -0.3 is 15.4 Å². The lowest BCUT2D eigenvalue weighted by Gasteiger charge is -2.29. The minimum atomic E-state index is -5.13. The molecule has 1 saturated carbocycles. The fraction of sp³-hybridized carbons (Fsp3) is 0.500. The molecule has 0 spiro atoms. The Hall–Kier alpha value is -2.78. The van der Waals surface area contributed by atoms with Crippen molar-refractivity contribution in [2.75, 3.05) is 0 Å². The van der Waals surface area contributed by atoms with Gasteiger partial charge in [0.15, 0.2) is 6.10 Å². The fourth-order valence-corrected chi connectivity index (χ4v) is 5.49. The van der Waals surface area contributed by atoms with Crippen molar-refractivity contribution in [3.05, 3.63) is 64.1 Å². The third-order valence-electron chi connectivity index (χ3n) is 7.12. The molecule has 1 fully saturated rings. The van der Waals surface area contributed by atoms with Crippen LogP contribution in [0.25, 0.3) is 0 Å². The second-order valence-corrected chi connectivity index (χ2v) is 11.7. The lowest BCUT2D eigenvalue weighted by Crippen LogP contribution is -2.57. The van der Waals surface area contributed by atoms with Gasteiger partial charge in [-0.2, -0.15) is 13.2 Å². The highest BCUT2D eigenvalue weighted by molar-refractivity contribution is 6.34. The Morgan fingerprint density at radius 1 is 0.927 bits per heavy atom. The first-order valence-electron chi connectivity index (χ1n) is 13.7. The number of benzene rings is 2. The predicted molar refractivity (Wildman–Crippen MR) is 152 cm³/mol. The third-order valence-corrected chi connectivity index (χ3v) is 7.56. The number of alkyl halides is 3. The van der Waals surface area contributed by atoms with E-state index < -0.39 is 47.9 Å². The molecule has 41 heavy (non-hydrogen) atoms. The molecule has 0 radical (unpaired) electrons. The Kier molecular flexibility index (Phi) is 11.9. The second-order valence-electron chi connectivity index (χ2n) is 10.8. The number of rotatable bonds is 12. The number of nitrogens with one attached hydrogen (secondary N) is 2. The molecule has 0 aliphatic heterocycles. The average molecular weight is 616 g/mol. The first kappa shape index (κ1) is 32.7. The van der Waals surface area contributed by atoms with Gasteiger partial charge in [0.05, 0.1) is 6.04 Å². The molecule has 2 aromatic carbocycles. The summed E-state index contributed by atoms with van der Waals surface area (Å²) in [6.07, 6.45) is -0.756. The number of hydrogen-bond donors (Lipinski definition) is 2. The Bertz CT molecular complexity index is 1170. The smallest absolute Gasteiger partial charge is 0.452 e. The van der Waals surface area contributed by atoms with Crippen molar-refractivity contribution in [1.29, 1.82) is 0 Å². The SMILES string of the molecule is CC(C)[C@H](NC(=O)[C@H](Cc1ccccc1)NC(=O)C(CC1CCCCC1)Oc1cc(Cl)cc(Cl)c1)C(=O)C(F)(F)F. The van der Waals surface area contributed by atoms with Crippen molar-refractivity contribution in [2.45, 2.75) is 83.2 Å². The summed E-state index contributed by atoms with van der Waals surface area (Å²) >= 11 is 12.3. The van der Waals surface area contributed by atoms with Crippen LogP contribution in [0.1, 0.15) is 57.9 Å². The molecule has 2 aromatic rings. The first-order valence-corrected chi connectivity index (χ1v) is 14.5. The molecule has 0 bridgehead atoms. The van der Waals surface area contributed by atoms with Crippen LogP contribution in [0.2, 0.25) is 10.0 Å². The Morgan fingerprint density at radius 2 is 1.54 bits per heavy atom. The summed E-state index contributed by atoms with van der Waals surface area (Å²) in [4.78, 5) is 39.1. The number of carbonyl (C=O) groups is 3. The molecule has 3 rings (SSSR count). The third kappa shape index (κ3) is 10.2. The monoisotopic (exact) mass is 614 g/mol. The molecule has 11 heteroatoms. The molecule has 2 amide bonds. The summed E-state index contributed by atoms with van der Waals surface area (Å²) in [7, 11) is 0. The van der Waals surface area contributed by atoms with Crippen LogP contribution in [0.15, 0.2) is 48.5 Å². The summed E-state index contributed by atoms with van der Waals surface area (Å²) in [5, 5.41) is 5.56. The number of carbonyl (C=O) groups excluding carboxylic acids is 3. The normalized spacial score (nSPS) is 16.5. The molecule has 1 aliphatic rings. The molecular weight excluding hydrogens is 580 g/mol. The summed E-state index contributed by atoms with van der Waals surface area (Å²) in [5.74, 6) is -3.91. The van der Waals surface area contributed by atoms with Crippen LogP contribution in [0, 0.1) is 11.8 Å². The quantitative estimate of drug-likeness (QED) is 0.278. The van der Waals surface area contributed by atoms with Crippen molar-refractivity contribution in [1.82, 2.24) is 10.6 Å². The molecule has 0 saturated heterocycles. The number of ketones is 1. The number of amides is 2. The lowest BCUT2D eigenvalue weighted by atomic mass is 9.85. The molecule has 6 nitrogen and oxygen atoms in total. The van der Waals surface area contributed by atoms with E-state index in [0.29, 0.717) is 22.0 Å². The zero-order chi connectivity index (χ0) is 30.2. The van der Waals surface area contributed by atoms with Gasteiger partial charge >= 0.3 is 6.18 Å². The van der Waals surface area contributed by atoms with Crippen molar-refractivity contribution >= 4 is 40.8 Å². The first-order chi connectivity index (χ1) is 19.3. The zero-order valence-corrected chi connectivity index (χ0v) is 24.5. The molecule has 0 aromatic heterocycles. The molecule has 1 unspecified atom stereocenters. The second kappa shape index (κ2) is 14.9. The molecule has 1 aliphatic carbocycles. The molecule has 0 heterocycles. The van der Waals surface area contributed by atoms with Crippen LogP contribution >= 0.6 is 23.2 Å². The van der Waals surface area contributed by atoms with Crippen LogP contribution in [0.4, 0.5) is 13.2 Å². The van der Waals surface area contributed by atoms with Gasteiger partial charge in [-0.1, -0.05) is 99.5 Å². The number of halogens is 5. The van der Waals surface area contributed by atoms with E-state index in [9.17, 15) is 27.6 Å². The maximum absolute atomic E-state index is 13.7. The highest BCUT2D eigenvalue weighted by atomic mass is 35.5. The van der Waals surface area contributed by atoms with Crippen LogP contribution in [-0.4, -0.2) is 42.0 Å². The Balaban J connectivity index is 1.87. The minimum absolute atomic E-state index is 0.0113. The van der Waals surface area contributed by atoms with E-state index in [0.717, 1.165) is 32.1 Å². The van der Waals surface area contributed by atoms with Crippen LogP contribution in [0.5, 0.6) is 5.75 Å². The van der Waals surface area contributed by atoms with Crippen LogP contribution in [0.3, 0.4) is 0 Å². The molecular formula is C30H35Cl2F3N2O4. The summed E-state index contributed by atoms with van der Waals surface area (Å²) < 4.78 is 45.8. The van der Waals surface area contributed by atoms with Crippen molar-refractivity contribution in [2.24, 2.45) is 11.8 Å². The number of hydrogen-bond acceptors (Lipinski definition) is 4. The van der Waals surface area contributed by atoms with Crippen molar-refractivity contribution in [3.63, 3.8) is 0 Å². The van der Waals surface area contributed by atoms with E-state index in [1.54, 1.807) is 30.3 Å². The Labute approximate surface area is 248 Å². The highest BCUT2D eigenvalue weighted by Crippen LogP contribution is 2.31. The van der Waals surface area contributed by atoms with Gasteiger partial charge in [-0.25, -0.2) is 0 Å². The Morgan fingerprint density at radius 3 is 2.10 bits per heavy atom. The van der Waals surface area contributed by atoms with Crippen molar-refractivity contribution < 1.29 is 32.3 Å². The largest absolute Gasteiger partial charge is 0.480 e. The van der Waals surface area contributed by atoms with Gasteiger partial charge in [0.1, 0.15) is 11.8 Å². The fourth-order valence-electron chi connectivity index (χ4n) is 4.98.